The molecule has 0 saturated carbocycles. The number of carbonyl (C=O) groups excluding carboxylic acids is 1. The number of hydrogen-bond donors (Lipinski definition) is 3. The third-order valence-electron chi connectivity index (χ3n) is 3.77. The molecule has 0 aliphatic rings. The lowest BCUT2D eigenvalue weighted by atomic mass is 10.1. The molecule has 0 fully saturated rings. The fourth-order valence-corrected chi connectivity index (χ4v) is 2.84. The first-order valence-corrected chi connectivity index (χ1v) is 8.96. The molecular formula is C18H21ClF3N5O3. The normalized spacial score (nSPS) is 11.8. The number of aromatic nitrogens is 2. The largest absolute Gasteiger partial charge is 0.496 e. The SMILES string of the molecule is CNc1nc(Nc2ccc(C(=O)N(Cl)CC(C)(C)O)c(OC)c2)ncc1C(F)(F)F. The zero-order chi connectivity index (χ0) is 22.7. The topological polar surface area (TPSA) is 99.6 Å². The summed E-state index contributed by atoms with van der Waals surface area (Å²) in [7, 11) is 2.66. The van der Waals surface area contributed by atoms with E-state index in [0.29, 0.717) is 11.9 Å². The third kappa shape index (κ3) is 5.86. The van der Waals surface area contributed by atoms with Gasteiger partial charge in [-0.3, -0.25) is 4.79 Å². The molecule has 0 spiro atoms. The molecule has 3 N–H and O–H groups in total. The number of hydrogen-bond acceptors (Lipinski definition) is 7. The van der Waals surface area contributed by atoms with E-state index in [4.69, 9.17) is 16.5 Å². The summed E-state index contributed by atoms with van der Waals surface area (Å²) in [4.78, 5) is 20.0. The van der Waals surface area contributed by atoms with E-state index in [9.17, 15) is 23.1 Å². The van der Waals surface area contributed by atoms with Crippen LogP contribution in [0.25, 0.3) is 0 Å². The lowest BCUT2D eigenvalue weighted by Gasteiger charge is -2.23. The van der Waals surface area contributed by atoms with Crippen molar-refractivity contribution in [3.8, 4) is 5.75 Å². The van der Waals surface area contributed by atoms with Crippen molar-refractivity contribution < 1.29 is 27.8 Å². The summed E-state index contributed by atoms with van der Waals surface area (Å²) >= 11 is 5.97. The Morgan fingerprint density at radius 2 is 2.00 bits per heavy atom. The number of ether oxygens (including phenoxy) is 1. The minimum absolute atomic E-state index is 0.0884. The van der Waals surface area contributed by atoms with E-state index in [-0.39, 0.29) is 29.6 Å². The van der Waals surface area contributed by atoms with Crippen molar-refractivity contribution in [3.05, 3.63) is 35.5 Å². The molecule has 2 rings (SSSR count). The Morgan fingerprint density at radius 1 is 1.33 bits per heavy atom. The van der Waals surface area contributed by atoms with Gasteiger partial charge in [-0.15, -0.1) is 0 Å². The highest BCUT2D eigenvalue weighted by Crippen LogP contribution is 2.34. The van der Waals surface area contributed by atoms with Crippen LogP contribution in [0.15, 0.2) is 24.4 Å². The first-order valence-electron chi connectivity index (χ1n) is 8.63. The lowest BCUT2D eigenvalue weighted by molar-refractivity contribution is -0.137. The van der Waals surface area contributed by atoms with Crippen LogP contribution in [0, 0.1) is 0 Å². The number of amides is 1. The van der Waals surface area contributed by atoms with Crippen LogP contribution < -0.4 is 15.4 Å². The number of carbonyl (C=O) groups is 1. The van der Waals surface area contributed by atoms with Crippen molar-refractivity contribution in [1.29, 1.82) is 0 Å². The van der Waals surface area contributed by atoms with Crippen LogP contribution in [-0.2, 0) is 6.18 Å². The predicted octanol–water partition coefficient (Wildman–Crippen LogP) is 3.66. The summed E-state index contributed by atoms with van der Waals surface area (Å²) in [6.07, 6.45) is -3.93. The molecule has 1 heterocycles. The van der Waals surface area contributed by atoms with Gasteiger partial charge in [-0.2, -0.15) is 18.2 Å². The molecule has 12 heteroatoms. The number of nitrogens with zero attached hydrogens (tertiary/aromatic N) is 3. The van der Waals surface area contributed by atoms with E-state index in [1.54, 1.807) is 0 Å². The van der Waals surface area contributed by atoms with Gasteiger partial charge in [0.2, 0.25) is 5.95 Å². The average Bonchev–Trinajstić information content (AvgIpc) is 2.65. The molecule has 8 nitrogen and oxygen atoms in total. The van der Waals surface area contributed by atoms with Gasteiger partial charge in [0, 0.05) is 36.8 Å². The molecule has 1 aromatic carbocycles. The quantitative estimate of drug-likeness (QED) is 0.557. The standard InChI is InChI=1S/C18H21ClF3N5O3/c1-17(2,29)9-27(19)15(28)11-6-5-10(7-13(11)30-4)25-16-24-8-12(18(20,21)22)14(23-3)26-16/h5-8,29H,9H2,1-4H3,(H2,23,24,25,26). The molecule has 0 atom stereocenters. The summed E-state index contributed by atoms with van der Waals surface area (Å²) in [5.74, 6) is -0.907. The number of nitrogens with one attached hydrogen (secondary N) is 2. The Morgan fingerprint density at radius 3 is 2.53 bits per heavy atom. The Bertz CT molecular complexity index is 919. The van der Waals surface area contributed by atoms with E-state index in [1.807, 2.05) is 0 Å². The van der Waals surface area contributed by atoms with Crippen molar-refractivity contribution in [2.45, 2.75) is 25.6 Å². The molecule has 0 radical (unpaired) electrons. The number of alkyl halides is 3. The summed E-state index contributed by atoms with van der Waals surface area (Å²) in [5, 5.41) is 15.0. The van der Waals surface area contributed by atoms with Crippen LogP contribution in [0.2, 0.25) is 0 Å². The van der Waals surface area contributed by atoms with Gasteiger partial charge in [-0.1, -0.05) is 0 Å². The minimum atomic E-state index is -4.60. The number of anilines is 3. The fraction of sp³-hybridized carbons (Fsp3) is 0.389. The second-order valence-corrected chi connectivity index (χ2v) is 7.29. The van der Waals surface area contributed by atoms with E-state index in [0.717, 1.165) is 4.42 Å². The lowest BCUT2D eigenvalue weighted by Crippen LogP contribution is -2.36. The molecule has 0 aliphatic heterocycles. The molecule has 0 aliphatic carbocycles. The summed E-state index contributed by atoms with van der Waals surface area (Å²) in [5.41, 5.74) is -1.69. The van der Waals surface area contributed by atoms with Crippen LogP contribution in [0.4, 0.5) is 30.6 Å². The van der Waals surface area contributed by atoms with Crippen LogP contribution in [-0.4, -0.2) is 51.7 Å². The summed E-state index contributed by atoms with van der Waals surface area (Å²) in [6, 6.07) is 4.36. The second-order valence-electron chi connectivity index (χ2n) is 6.88. The molecule has 164 valence electrons. The maximum absolute atomic E-state index is 13.0. The van der Waals surface area contributed by atoms with E-state index in [1.165, 1.54) is 46.2 Å². The van der Waals surface area contributed by atoms with Crippen LogP contribution >= 0.6 is 11.8 Å². The van der Waals surface area contributed by atoms with Gasteiger partial charge in [-0.05, 0) is 26.0 Å². The molecular weight excluding hydrogens is 427 g/mol. The van der Waals surface area contributed by atoms with Gasteiger partial charge in [0.25, 0.3) is 5.91 Å². The Kier molecular flexibility index (Phi) is 6.99. The second kappa shape index (κ2) is 8.92. The zero-order valence-electron chi connectivity index (χ0n) is 16.6. The average molecular weight is 448 g/mol. The number of methoxy groups -OCH3 is 1. The number of benzene rings is 1. The highest BCUT2D eigenvalue weighted by molar-refractivity contribution is 6.24. The van der Waals surface area contributed by atoms with E-state index in [2.05, 4.69) is 20.6 Å². The third-order valence-corrected chi connectivity index (χ3v) is 4.04. The molecule has 2 aromatic rings. The fourth-order valence-electron chi connectivity index (χ4n) is 2.46. The number of halogens is 4. The van der Waals surface area contributed by atoms with Gasteiger partial charge in [0.05, 0.1) is 24.8 Å². The van der Waals surface area contributed by atoms with Crippen LogP contribution in [0.1, 0.15) is 29.8 Å². The van der Waals surface area contributed by atoms with Gasteiger partial charge < -0.3 is 20.5 Å². The maximum Gasteiger partial charge on any atom is 0.421 e. The van der Waals surface area contributed by atoms with Gasteiger partial charge in [-0.25, -0.2) is 9.40 Å². The van der Waals surface area contributed by atoms with Crippen molar-refractivity contribution >= 4 is 35.1 Å². The molecule has 30 heavy (non-hydrogen) atoms. The minimum Gasteiger partial charge on any atom is -0.496 e. The number of rotatable bonds is 7. The smallest absolute Gasteiger partial charge is 0.421 e. The molecule has 0 unspecified atom stereocenters. The Hall–Kier alpha value is -2.79. The monoisotopic (exact) mass is 447 g/mol. The molecule has 1 amide bonds. The van der Waals surface area contributed by atoms with Crippen LogP contribution in [0.3, 0.4) is 0 Å². The Balaban J connectivity index is 2.28. The Labute approximate surface area is 176 Å². The highest BCUT2D eigenvalue weighted by Gasteiger charge is 2.35. The van der Waals surface area contributed by atoms with Gasteiger partial charge in [0.15, 0.2) is 0 Å². The summed E-state index contributed by atoms with van der Waals surface area (Å²) < 4.78 is 44.9. The van der Waals surface area contributed by atoms with Crippen molar-refractivity contribution in [2.24, 2.45) is 0 Å². The van der Waals surface area contributed by atoms with Crippen molar-refractivity contribution in [1.82, 2.24) is 14.4 Å². The van der Waals surface area contributed by atoms with E-state index >= 15 is 0 Å². The number of aliphatic hydroxyl groups is 1. The van der Waals surface area contributed by atoms with Crippen molar-refractivity contribution in [3.63, 3.8) is 0 Å². The van der Waals surface area contributed by atoms with Gasteiger partial charge in [0.1, 0.15) is 17.1 Å². The van der Waals surface area contributed by atoms with Gasteiger partial charge >= 0.3 is 6.18 Å². The first kappa shape index (κ1) is 23.5. The zero-order valence-corrected chi connectivity index (χ0v) is 17.4. The molecule has 0 saturated heterocycles. The van der Waals surface area contributed by atoms with Crippen LogP contribution in [0.5, 0.6) is 5.75 Å². The maximum atomic E-state index is 13.0. The summed E-state index contributed by atoms with van der Waals surface area (Å²) in [6.45, 7) is 2.88. The highest BCUT2D eigenvalue weighted by atomic mass is 35.5. The molecule has 0 bridgehead atoms. The predicted molar refractivity (Wildman–Crippen MR) is 106 cm³/mol. The van der Waals surface area contributed by atoms with Crippen molar-refractivity contribution in [2.75, 3.05) is 31.3 Å². The molecule has 1 aromatic heterocycles. The first-order chi connectivity index (χ1) is 13.9. The van der Waals surface area contributed by atoms with E-state index < -0.39 is 23.2 Å².